The van der Waals surface area contributed by atoms with Crippen molar-refractivity contribution >= 4 is 41.5 Å². The van der Waals surface area contributed by atoms with Crippen molar-refractivity contribution in [2.75, 3.05) is 20.3 Å². The maximum atomic E-state index is 5.83. The highest BCUT2D eigenvalue weighted by Gasteiger charge is 2.01. The molecule has 0 bridgehead atoms. The summed E-state index contributed by atoms with van der Waals surface area (Å²) in [5.74, 6) is 0.473. The summed E-state index contributed by atoms with van der Waals surface area (Å²) >= 11 is 5.83. The second-order valence-corrected chi connectivity index (χ2v) is 4.93. The van der Waals surface area contributed by atoms with E-state index in [0.717, 1.165) is 17.9 Å². The molecule has 3 N–H and O–H groups in total. The monoisotopic (exact) mass is 411 g/mol. The fourth-order valence-corrected chi connectivity index (χ4v) is 1.85. The maximum Gasteiger partial charge on any atom is 0.188 e. The van der Waals surface area contributed by atoms with Crippen LogP contribution in [0.15, 0.2) is 29.3 Å². The predicted molar refractivity (Wildman–Crippen MR) is 96.2 cm³/mol. The van der Waals surface area contributed by atoms with Crippen molar-refractivity contribution in [2.24, 2.45) is 10.7 Å². The zero-order chi connectivity index (χ0) is 14.1. The van der Waals surface area contributed by atoms with Gasteiger partial charge in [-0.05, 0) is 37.5 Å². The molecule has 0 saturated heterocycles. The third-order valence-electron chi connectivity index (χ3n) is 2.63. The van der Waals surface area contributed by atoms with Crippen LogP contribution in [0.2, 0.25) is 5.02 Å². The summed E-state index contributed by atoms with van der Waals surface area (Å²) in [6.07, 6.45) is 1.93. The lowest BCUT2D eigenvalue weighted by Gasteiger charge is -2.12. The van der Waals surface area contributed by atoms with Crippen LogP contribution in [-0.2, 0) is 11.2 Å². The Bertz CT molecular complexity index is 398. The van der Waals surface area contributed by atoms with E-state index in [2.05, 4.69) is 10.3 Å². The summed E-state index contributed by atoms with van der Waals surface area (Å²) in [4.78, 5) is 4.28. The van der Waals surface area contributed by atoms with Crippen LogP contribution >= 0.6 is 35.6 Å². The quantitative estimate of drug-likeness (QED) is 0.314. The van der Waals surface area contributed by atoms with Crippen molar-refractivity contribution in [1.29, 1.82) is 0 Å². The first kappa shape index (κ1) is 19.5. The van der Waals surface area contributed by atoms with Crippen LogP contribution in [0.1, 0.15) is 18.9 Å². The van der Waals surface area contributed by atoms with Gasteiger partial charge >= 0.3 is 0 Å². The molecule has 1 aromatic carbocycles. The summed E-state index contributed by atoms with van der Waals surface area (Å²) < 4.78 is 5.01. The molecule has 0 saturated carbocycles. The molecule has 0 spiro atoms. The number of hydrogen-bond donors (Lipinski definition) is 2. The number of ether oxygens (including phenoxy) is 1. The lowest BCUT2D eigenvalue weighted by Crippen LogP contribution is -2.40. The minimum atomic E-state index is 0. The number of aliphatic imine (C=N–C) groups is 1. The van der Waals surface area contributed by atoms with Gasteiger partial charge in [-0.2, -0.15) is 0 Å². The lowest BCUT2D eigenvalue weighted by atomic mass is 10.1. The molecule has 0 heterocycles. The van der Waals surface area contributed by atoms with Gasteiger partial charge in [0.15, 0.2) is 5.96 Å². The van der Waals surface area contributed by atoms with Gasteiger partial charge in [0.25, 0.3) is 0 Å². The number of nitrogens with zero attached hydrogens (tertiary/aromatic N) is 1. The molecule has 0 aliphatic heterocycles. The largest absolute Gasteiger partial charge is 0.383 e. The molecule has 0 aromatic heterocycles. The van der Waals surface area contributed by atoms with Gasteiger partial charge in [-0.1, -0.05) is 23.7 Å². The van der Waals surface area contributed by atoms with Crippen LogP contribution in [0.25, 0.3) is 0 Å². The van der Waals surface area contributed by atoms with Crippen molar-refractivity contribution in [2.45, 2.75) is 25.8 Å². The van der Waals surface area contributed by atoms with E-state index in [-0.39, 0.29) is 30.0 Å². The molecular weight excluding hydrogens is 389 g/mol. The molecule has 0 aliphatic carbocycles. The van der Waals surface area contributed by atoms with Crippen LogP contribution in [0, 0.1) is 0 Å². The zero-order valence-corrected chi connectivity index (χ0v) is 15.0. The van der Waals surface area contributed by atoms with Crippen LogP contribution in [0.5, 0.6) is 0 Å². The summed E-state index contributed by atoms with van der Waals surface area (Å²) in [6, 6.07) is 8.05. The van der Waals surface area contributed by atoms with Gasteiger partial charge in [-0.15, -0.1) is 24.0 Å². The van der Waals surface area contributed by atoms with Crippen molar-refractivity contribution in [3.05, 3.63) is 34.9 Å². The minimum absolute atomic E-state index is 0. The standard InChI is InChI=1S/C14H22ClN3O.HI/c1-11(10-19-2)18-14(16)17-9-3-4-12-5-7-13(15)8-6-12;/h5-8,11H,3-4,9-10H2,1-2H3,(H3,16,17,18);1H. The van der Waals surface area contributed by atoms with Gasteiger partial charge in [0, 0.05) is 24.7 Å². The Morgan fingerprint density at radius 2 is 2.05 bits per heavy atom. The molecule has 1 atom stereocenters. The van der Waals surface area contributed by atoms with E-state index in [1.165, 1.54) is 5.56 Å². The summed E-state index contributed by atoms with van der Waals surface area (Å²) in [6.45, 7) is 3.32. The van der Waals surface area contributed by atoms with Gasteiger partial charge in [0.2, 0.25) is 0 Å². The van der Waals surface area contributed by atoms with Gasteiger partial charge in [0.1, 0.15) is 0 Å². The molecule has 4 nitrogen and oxygen atoms in total. The van der Waals surface area contributed by atoms with Crippen LogP contribution < -0.4 is 11.1 Å². The number of rotatable bonds is 7. The second-order valence-electron chi connectivity index (χ2n) is 4.50. The van der Waals surface area contributed by atoms with E-state index in [1.54, 1.807) is 7.11 Å². The summed E-state index contributed by atoms with van der Waals surface area (Å²) in [5, 5.41) is 3.84. The number of methoxy groups -OCH3 is 1. The van der Waals surface area contributed by atoms with E-state index in [4.69, 9.17) is 22.1 Å². The molecule has 0 aliphatic rings. The number of nitrogens with two attached hydrogens (primary N) is 1. The van der Waals surface area contributed by atoms with Gasteiger partial charge in [0.05, 0.1) is 6.61 Å². The zero-order valence-electron chi connectivity index (χ0n) is 11.9. The van der Waals surface area contributed by atoms with Crippen LogP contribution in [-0.4, -0.2) is 32.3 Å². The van der Waals surface area contributed by atoms with Crippen LogP contribution in [0.3, 0.4) is 0 Å². The molecule has 0 radical (unpaired) electrons. The molecular formula is C14H23ClIN3O. The Kier molecular flexibility index (Phi) is 10.9. The summed E-state index contributed by atoms with van der Waals surface area (Å²) in [7, 11) is 1.66. The first-order valence-electron chi connectivity index (χ1n) is 6.41. The lowest BCUT2D eigenvalue weighted by molar-refractivity contribution is 0.179. The first-order valence-corrected chi connectivity index (χ1v) is 6.79. The maximum absolute atomic E-state index is 5.83. The average Bonchev–Trinajstić information content (AvgIpc) is 2.37. The Labute approximate surface area is 143 Å². The van der Waals surface area contributed by atoms with Crippen molar-refractivity contribution in [3.63, 3.8) is 0 Å². The number of benzene rings is 1. The first-order chi connectivity index (χ1) is 9.11. The Morgan fingerprint density at radius 3 is 2.65 bits per heavy atom. The van der Waals surface area contributed by atoms with E-state index in [0.29, 0.717) is 19.1 Å². The topological polar surface area (TPSA) is 59.6 Å². The molecule has 6 heteroatoms. The highest BCUT2D eigenvalue weighted by molar-refractivity contribution is 14.0. The number of aryl methyl sites for hydroxylation is 1. The fraction of sp³-hybridized carbons (Fsp3) is 0.500. The van der Waals surface area contributed by atoms with Gasteiger partial charge in [-0.3, -0.25) is 4.99 Å². The molecule has 114 valence electrons. The molecule has 1 rings (SSSR count). The highest BCUT2D eigenvalue weighted by Crippen LogP contribution is 2.10. The number of hydrogen-bond acceptors (Lipinski definition) is 2. The van der Waals surface area contributed by atoms with E-state index >= 15 is 0 Å². The SMILES string of the molecule is COCC(C)NC(N)=NCCCc1ccc(Cl)cc1.I. The number of guanidine groups is 1. The van der Waals surface area contributed by atoms with Crippen LogP contribution in [0.4, 0.5) is 0 Å². The van der Waals surface area contributed by atoms with E-state index in [1.807, 2.05) is 31.2 Å². The van der Waals surface area contributed by atoms with E-state index in [9.17, 15) is 0 Å². The third kappa shape index (κ3) is 8.60. The number of nitrogens with one attached hydrogen (secondary N) is 1. The predicted octanol–water partition coefficient (Wildman–Crippen LogP) is 2.83. The Hall–Kier alpha value is -0.530. The second kappa shape index (κ2) is 11.2. The molecule has 0 fully saturated rings. The smallest absolute Gasteiger partial charge is 0.188 e. The average molecular weight is 412 g/mol. The minimum Gasteiger partial charge on any atom is -0.383 e. The van der Waals surface area contributed by atoms with Gasteiger partial charge < -0.3 is 15.8 Å². The Balaban J connectivity index is 0.00000361. The molecule has 20 heavy (non-hydrogen) atoms. The van der Waals surface area contributed by atoms with Crippen molar-refractivity contribution in [1.82, 2.24) is 5.32 Å². The normalized spacial score (nSPS) is 12.7. The van der Waals surface area contributed by atoms with E-state index < -0.39 is 0 Å². The Morgan fingerprint density at radius 1 is 1.40 bits per heavy atom. The molecule has 0 amide bonds. The van der Waals surface area contributed by atoms with Crippen molar-refractivity contribution < 1.29 is 4.74 Å². The molecule has 1 aromatic rings. The highest BCUT2D eigenvalue weighted by atomic mass is 127. The van der Waals surface area contributed by atoms with Gasteiger partial charge in [-0.25, -0.2) is 0 Å². The number of halogens is 2. The third-order valence-corrected chi connectivity index (χ3v) is 2.88. The fourth-order valence-electron chi connectivity index (χ4n) is 1.72. The summed E-state index contributed by atoms with van der Waals surface area (Å²) in [5.41, 5.74) is 7.03. The molecule has 1 unspecified atom stereocenters. The van der Waals surface area contributed by atoms with Crippen molar-refractivity contribution in [3.8, 4) is 0 Å².